The van der Waals surface area contributed by atoms with Gasteiger partial charge >= 0.3 is 6.09 Å². The van der Waals surface area contributed by atoms with Gasteiger partial charge in [0.15, 0.2) is 0 Å². The molecule has 0 saturated carbocycles. The van der Waals surface area contributed by atoms with E-state index >= 15 is 0 Å². The van der Waals surface area contributed by atoms with Crippen molar-refractivity contribution >= 4 is 88.1 Å². The number of carbonyl (C=O) groups excluding carboxylic acids is 9. The van der Waals surface area contributed by atoms with Crippen LogP contribution < -0.4 is 36.5 Å². The summed E-state index contributed by atoms with van der Waals surface area (Å²) in [6.07, 6.45) is 7.55. The molecule has 27 nitrogen and oxygen atoms in total. The lowest BCUT2D eigenvalue weighted by Gasteiger charge is -2.25. The van der Waals surface area contributed by atoms with Crippen molar-refractivity contribution in [1.82, 2.24) is 59.1 Å². The normalized spacial score (nSPS) is 11.9. The first kappa shape index (κ1) is 64.5. The molecular formula is C58H75N15O12. The maximum absolute atomic E-state index is 14.1. The van der Waals surface area contributed by atoms with E-state index in [-0.39, 0.29) is 98.8 Å². The van der Waals surface area contributed by atoms with Gasteiger partial charge in [0, 0.05) is 83.5 Å². The lowest BCUT2D eigenvalue weighted by molar-refractivity contribution is -0.136. The molecule has 1 unspecified atom stereocenters. The van der Waals surface area contributed by atoms with Gasteiger partial charge in [-0.15, -0.1) is 0 Å². The third-order valence-electron chi connectivity index (χ3n) is 13.2. The van der Waals surface area contributed by atoms with Crippen LogP contribution in [-0.4, -0.2) is 162 Å². The molecule has 6 N–H and O–H groups in total. The highest BCUT2D eigenvalue weighted by Gasteiger charge is 2.27. The highest BCUT2D eigenvalue weighted by molar-refractivity contribution is 6.05. The average molecular weight is 1170 g/mol. The number of allylic oxidation sites excluding steroid dienone is 3. The smallest absolute Gasteiger partial charge is 0.407 e. The Hall–Kier alpha value is -9.69. The Labute approximate surface area is 491 Å². The first-order valence-electron chi connectivity index (χ1n) is 27.7. The third kappa shape index (κ3) is 17.2. The number of imidazole rings is 2. The Bertz CT molecular complexity index is 3510. The number of nitrogens with zero attached hydrogens (tertiary/aromatic N) is 10. The molecule has 4 heterocycles. The Kier molecular flexibility index (Phi) is 22.4. The van der Waals surface area contributed by atoms with E-state index in [4.69, 9.17) is 29.9 Å². The van der Waals surface area contributed by atoms with Crippen molar-refractivity contribution in [1.29, 1.82) is 0 Å². The fourth-order valence-corrected chi connectivity index (χ4v) is 9.12. The Morgan fingerprint density at radius 2 is 1.34 bits per heavy atom. The molecule has 4 aromatic heterocycles. The molecule has 2 aromatic carbocycles. The summed E-state index contributed by atoms with van der Waals surface area (Å²) in [6, 6.07) is 8.44. The molecule has 0 radical (unpaired) electrons. The van der Waals surface area contributed by atoms with E-state index in [9.17, 15) is 43.2 Å². The number of fused-ring (bicyclic) bond motifs is 2. The largest absolute Gasteiger partial charge is 0.494 e. The van der Waals surface area contributed by atoms with Gasteiger partial charge in [-0.3, -0.25) is 58.4 Å². The van der Waals surface area contributed by atoms with Gasteiger partial charge in [-0.05, 0) is 117 Å². The van der Waals surface area contributed by atoms with Crippen molar-refractivity contribution in [3.05, 3.63) is 94.6 Å². The van der Waals surface area contributed by atoms with Gasteiger partial charge in [0.05, 0.1) is 36.1 Å². The number of alkyl carbamates (subject to hydrolysis) is 1. The number of ether oxygens (including phenoxy) is 3. The summed E-state index contributed by atoms with van der Waals surface area (Å²) in [6.45, 7) is 14.0. The van der Waals surface area contributed by atoms with Crippen molar-refractivity contribution in [2.45, 2.75) is 118 Å². The van der Waals surface area contributed by atoms with Gasteiger partial charge in [-0.1, -0.05) is 12.2 Å². The monoisotopic (exact) mass is 1170 g/mol. The molecule has 0 saturated heterocycles. The topological polar surface area (TPSA) is 333 Å². The third-order valence-corrected chi connectivity index (χ3v) is 13.2. The molecule has 27 heteroatoms. The average Bonchev–Trinajstić information content (AvgIpc) is 2.12. The molecule has 7 amide bonds. The van der Waals surface area contributed by atoms with E-state index in [1.807, 2.05) is 13.8 Å². The van der Waals surface area contributed by atoms with Crippen molar-refractivity contribution in [2.24, 2.45) is 5.73 Å². The van der Waals surface area contributed by atoms with Crippen molar-refractivity contribution in [3.8, 4) is 11.5 Å². The maximum Gasteiger partial charge on any atom is 0.407 e. The van der Waals surface area contributed by atoms with Crippen molar-refractivity contribution < 1.29 is 57.4 Å². The van der Waals surface area contributed by atoms with E-state index in [1.165, 1.54) is 36.1 Å². The van der Waals surface area contributed by atoms with Crippen LogP contribution in [-0.2, 0) is 50.1 Å². The minimum atomic E-state index is -0.967. The van der Waals surface area contributed by atoms with Crippen LogP contribution in [0.2, 0.25) is 0 Å². The number of hydrogen-bond donors (Lipinski definition) is 5. The number of amides is 7. The summed E-state index contributed by atoms with van der Waals surface area (Å²) in [7, 11) is 4.50. The lowest BCUT2D eigenvalue weighted by atomic mass is 10.1. The molecule has 0 aliphatic heterocycles. The number of benzene rings is 2. The van der Waals surface area contributed by atoms with E-state index in [2.05, 4.69) is 31.5 Å². The van der Waals surface area contributed by atoms with Gasteiger partial charge in [-0.2, -0.15) is 10.2 Å². The molecule has 0 fully saturated rings. The fraction of sp³-hybridized carbons (Fsp3) is 0.431. The number of likely N-dealkylation sites (N-methyl/N-ethyl adjacent to an activating group) is 2. The van der Waals surface area contributed by atoms with Crippen LogP contribution in [0.25, 0.3) is 22.1 Å². The molecular weight excluding hydrogens is 1100 g/mol. The second kappa shape index (κ2) is 29.5. The number of nitrogens with two attached hydrogens (primary N) is 1. The highest BCUT2D eigenvalue weighted by Crippen LogP contribution is 2.33. The first-order valence-corrected chi connectivity index (χ1v) is 27.7. The van der Waals surface area contributed by atoms with E-state index in [0.717, 1.165) is 12.2 Å². The maximum atomic E-state index is 14.1. The van der Waals surface area contributed by atoms with Gasteiger partial charge in [0.25, 0.3) is 11.8 Å². The van der Waals surface area contributed by atoms with Gasteiger partial charge < -0.3 is 49.5 Å². The van der Waals surface area contributed by atoms with Gasteiger partial charge in [-0.25, -0.2) is 14.8 Å². The number of primary amides is 1. The van der Waals surface area contributed by atoms with Crippen molar-refractivity contribution in [2.75, 3.05) is 58.1 Å². The van der Waals surface area contributed by atoms with Crippen LogP contribution in [0.15, 0.2) is 60.7 Å². The summed E-state index contributed by atoms with van der Waals surface area (Å²) in [4.78, 5) is 128. The number of anilines is 2. The summed E-state index contributed by atoms with van der Waals surface area (Å²) < 4.78 is 24.0. The minimum absolute atomic E-state index is 0.0170. The molecule has 454 valence electrons. The highest BCUT2D eigenvalue weighted by atomic mass is 16.6. The quantitative estimate of drug-likeness (QED) is 0.0169. The zero-order chi connectivity index (χ0) is 62.1. The zero-order valence-corrected chi connectivity index (χ0v) is 49.6. The van der Waals surface area contributed by atoms with Gasteiger partial charge in [0.1, 0.15) is 58.1 Å². The standard InChI is InChI=1S/C58H75N15O12/c1-11-72-43(29-36(3)66-72)52(79)64-55-62-41-31-38(35-75)32-46(84-28-18-23-69(9)54(81)40(19-13-14-22-60-57(82)85-58(5,6)7)61-47(76)21-26-68(8)48(77)20-17-27-74)50(41)71(55)25-16-15-24-70-49-42(33-39(51(59)78)34-45(49)83-10)63-56(70)65-53(80)44-30-37(4)67-73(44)12-2/h15-17,20,27,29-35,40H,11-14,18-19,21-26,28H2,1-10H3,(H2,59,78)(H,60,82)(H,61,76)(H,62,64,79)(H,63,65,80)/b16-15+,20-17-. The molecule has 0 aliphatic rings. The number of rotatable bonds is 30. The summed E-state index contributed by atoms with van der Waals surface area (Å²) >= 11 is 0. The number of nitrogens with one attached hydrogen (secondary N) is 4. The number of unbranched alkanes of at least 4 members (excludes halogenated alkanes) is 1. The van der Waals surface area contributed by atoms with Crippen LogP contribution in [0.1, 0.15) is 120 Å². The zero-order valence-electron chi connectivity index (χ0n) is 49.6. The van der Waals surface area contributed by atoms with Crippen LogP contribution in [0, 0.1) is 13.8 Å². The summed E-state index contributed by atoms with van der Waals surface area (Å²) in [5.74, 6) is -2.30. The summed E-state index contributed by atoms with van der Waals surface area (Å²) in [5, 5.41) is 20.2. The summed E-state index contributed by atoms with van der Waals surface area (Å²) in [5.41, 5.74) is 8.71. The predicted molar refractivity (Wildman–Crippen MR) is 315 cm³/mol. The number of hydrogen-bond acceptors (Lipinski definition) is 16. The molecule has 0 bridgehead atoms. The number of aromatic nitrogens is 8. The molecule has 1 atom stereocenters. The Balaban J connectivity index is 1.26. The number of methoxy groups -OCH3 is 1. The molecule has 0 aliphatic carbocycles. The number of aryl methyl sites for hydroxylation is 4. The number of carbonyl (C=O) groups is 9. The van der Waals surface area contributed by atoms with Crippen LogP contribution in [0.5, 0.6) is 11.5 Å². The lowest BCUT2D eigenvalue weighted by Crippen LogP contribution is -2.48. The minimum Gasteiger partial charge on any atom is -0.494 e. The molecule has 85 heavy (non-hydrogen) atoms. The Morgan fingerprint density at radius 1 is 0.753 bits per heavy atom. The number of aldehydes is 2. The molecule has 6 aromatic rings. The fourth-order valence-electron chi connectivity index (χ4n) is 9.12. The Morgan fingerprint density at radius 3 is 1.88 bits per heavy atom. The predicted octanol–water partition coefficient (Wildman–Crippen LogP) is 5.13. The van der Waals surface area contributed by atoms with Crippen LogP contribution in [0.3, 0.4) is 0 Å². The van der Waals surface area contributed by atoms with E-state index < -0.39 is 53.2 Å². The molecule has 0 spiro atoms. The van der Waals surface area contributed by atoms with Crippen LogP contribution in [0.4, 0.5) is 16.7 Å². The van der Waals surface area contributed by atoms with E-state index in [1.54, 1.807) is 96.6 Å². The second-order valence-electron chi connectivity index (χ2n) is 20.9. The van der Waals surface area contributed by atoms with E-state index in [0.29, 0.717) is 77.7 Å². The van der Waals surface area contributed by atoms with Crippen LogP contribution >= 0.6 is 0 Å². The second-order valence-corrected chi connectivity index (χ2v) is 20.9. The van der Waals surface area contributed by atoms with Crippen molar-refractivity contribution in [3.63, 3.8) is 0 Å². The van der Waals surface area contributed by atoms with Gasteiger partial charge in [0.2, 0.25) is 35.5 Å². The molecule has 6 rings (SSSR count). The first-order chi connectivity index (χ1) is 40.5. The SMILES string of the molecule is CCn1nc(C)cc1C(=O)Nc1nc2cc(C(N)=O)cc(OC)c2n1C/C=C/Cn1c(NC(=O)c2cc(C)nn2CC)nc2cc(C=O)cc(OCCCN(C)C(=O)C(CCCCNC(=O)OC(C)(C)C)NC(=O)CCN(C)C(=O)/C=C\C=O)c21.